The lowest BCUT2D eigenvalue weighted by Crippen LogP contribution is -2.30. The van der Waals surface area contributed by atoms with Gasteiger partial charge in [-0.2, -0.15) is 5.10 Å². The van der Waals surface area contributed by atoms with Crippen LogP contribution < -0.4 is 0 Å². The molecule has 0 bridgehead atoms. The van der Waals surface area contributed by atoms with Gasteiger partial charge in [-0.15, -0.1) is 0 Å². The fourth-order valence-electron chi connectivity index (χ4n) is 2.13. The molecule has 1 aliphatic heterocycles. The molecule has 90 valence electrons. The summed E-state index contributed by atoms with van der Waals surface area (Å²) in [6.07, 6.45) is 4.29. The normalized spacial score (nSPS) is 25.1. The first kappa shape index (κ1) is 11.5. The Morgan fingerprint density at radius 1 is 1.62 bits per heavy atom. The fraction of sp³-hybridized carbons (Fsp3) is 0.818. The smallest absolute Gasteiger partial charge is 0.138 e. The maximum atomic E-state index is 9.50. The van der Waals surface area contributed by atoms with Crippen molar-refractivity contribution in [2.24, 2.45) is 5.41 Å². The van der Waals surface area contributed by atoms with E-state index in [4.69, 9.17) is 4.74 Å². The van der Waals surface area contributed by atoms with Gasteiger partial charge in [0, 0.05) is 25.0 Å². The molecule has 1 aromatic rings. The summed E-state index contributed by atoms with van der Waals surface area (Å²) >= 11 is 0. The standard InChI is InChI=1S/C11H19N3O2/c1-2-4-14-10(12-9-13-14)6-11(7-15)3-5-16-8-11/h9,15H,2-8H2,1H3. The molecule has 0 aliphatic carbocycles. The molecule has 1 atom stereocenters. The number of nitrogens with zero attached hydrogens (tertiary/aromatic N) is 3. The molecule has 2 rings (SSSR count). The maximum absolute atomic E-state index is 9.50. The molecule has 5 nitrogen and oxygen atoms in total. The van der Waals surface area contributed by atoms with Gasteiger partial charge in [0.15, 0.2) is 0 Å². The Balaban J connectivity index is 2.09. The van der Waals surface area contributed by atoms with E-state index in [-0.39, 0.29) is 12.0 Å². The molecule has 2 heterocycles. The largest absolute Gasteiger partial charge is 0.396 e. The number of hydrogen-bond donors (Lipinski definition) is 1. The summed E-state index contributed by atoms with van der Waals surface area (Å²) in [7, 11) is 0. The Bertz CT molecular complexity index is 332. The van der Waals surface area contributed by atoms with Crippen LogP contribution in [-0.4, -0.2) is 39.7 Å². The van der Waals surface area contributed by atoms with Gasteiger partial charge in [0.1, 0.15) is 12.2 Å². The first-order valence-corrected chi connectivity index (χ1v) is 5.85. The summed E-state index contributed by atoms with van der Waals surface area (Å²) in [4.78, 5) is 4.28. The van der Waals surface area contributed by atoms with Crippen LogP contribution in [0.15, 0.2) is 6.33 Å². The second-order valence-corrected chi connectivity index (χ2v) is 4.54. The Morgan fingerprint density at radius 3 is 3.12 bits per heavy atom. The van der Waals surface area contributed by atoms with Crippen LogP contribution in [0.2, 0.25) is 0 Å². The Morgan fingerprint density at radius 2 is 2.50 bits per heavy atom. The monoisotopic (exact) mass is 225 g/mol. The second kappa shape index (κ2) is 4.93. The van der Waals surface area contributed by atoms with Gasteiger partial charge in [-0.05, 0) is 12.8 Å². The highest BCUT2D eigenvalue weighted by Crippen LogP contribution is 2.31. The zero-order valence-corrected chi connectivity index (χ0v) is 9.72. The summed E-state index contributed by atoms with van der Waals surface area (Å²) < 4.78 is 7.31. The summed E-state index contributed by atoms with van der Waals surface area (Å²) in [5.74, 6) is 0.960. The van der Waals surface area contributed by atoms with E-state index < -0.39 is 0 Å². The van der Waals surface area contributed by atoms with Crippen LogP contribution in [0.1, 0.15) is 25.6 Å². The number of aryl methyl sites for hydroxylation is 1. The molecular weight excluding hydrogens is 206 g/mol. The summed E-state index contributed by atoms with van der Waals surface area (Å²) in [6, 6.07) is 0. The molecule has 1 unspecified atom stereocenters. The minimum atomic E-state index is -0.140. The van der Waals surface area contributed by atoms with Crippen LogP contribution >= 0.6 is 0 Å². The van der Waals surface area contributed by atoms with Crippen molar-refractivity contribution in [2.75, 3.05) is 19.8 Å². The van der Waals surface area contributed by atoms with E-state index in [0.29, 0.717) is 6.61 Å². The Labute approximate surface area is 95.4 Å². The lowest BCUT2D eigenvalue weighted by atomic mass is 9.84. The number of aliphatic hydroxyl groups is 1. The SMILES string of the molecule is CCCn1ncnc1CC1(CO)CCOC1. The fourth-order valence-corrected chi connectivity index (χ4v) is 2.13. The van der Waals surface area contributed by atoms with Crippen LogP contribution in [0.25, 0.3) is 0 Å². The molecule has 0 spiro atoms. The number of ether oxygens (including phenoxy) is 1. The highest BCUT2D eigenvalue weighted by atomic mass is 16.5. The van der Waals surface area contributed by atoms with Crippen LogP contribution in [-0.2, 0) is 17.7 Å². The van der Waals surface area contributed by atoms with E-state index in [2.05, 4.69) is 17.0 Å². The molecule has 1 fully saturated rings. The molecule has 0 aromatic carbocycles. The zero-order valence-electron chi connectivity index (χ0n) is 9.72. The maximum Gasteiger partial charge on any atom is 0.138 e. The van der Waals surface area contributed by atoms with E-state index in [1.807, 2.05) is 4.68 Å². The molecule has 16 heavy (non-hydrogen) atoms. The molecule has 0 amide bonds. The average molecular weight is 225 g/mol. The van der Waals surface area contributed by atoms with Crippen molar-refractivity contribution in [2.45, 2.75) is 32.7 Å². The number of rotatable bonds is 5. The van der Waals surface area contributed by atoms with Gasteiger partial charge in [-0.25, -0.2) is 4.98 Å². The van der Waals surface area contributed by atoms with Crippen LogP contribution in [0, 0.1) is 5.41 Å². The van der Waals surface area contributed by atoms with Crippen molar-refractivity contribution in [3.63, 3.8) is 0 Å². The van der Waals surface area contributed by atoms with Gasteiger partial charge in [0.2, 0.25) is 0 Å². The molecule has 1 aromatic heterocycles. The molecule has 1 N–H and O–H groups in total. The van der Waals surface area contributed by atoms with E-state index in [1.54, 1.807) is 6.33 Å². The van der Waals surface area contributed by atoms with E-state index in [9.17, 15) is 5.11 Å². The van der Waals surface area contributed by atoms with Crippen molar-refractivity contribution in [3.05, 3.63) is 12.2 Å². The van der Waals surface area contributed by atoms with Gasteiger partial charge in [0.05, 0.1) is 13.2 Å². The van der Waals surface area contributed by atoms with Gasteiger partial charge >= 0.3 is 0 Å². The summed E-state index contributed by atoms with van der Waals surface area (Å²) in [6.45, 7) is 4.53. The zero-order chi connectivity index (χ0) is 11.4. The highest BCUT2D eigenvalue weighted by Gasteiger charge is 2.35. The van der Waals surface area contributed by atoms with Crippen LogP contribution in [0.4, 0.5) is 0 Å². The predicted molar refractivity (Wildman–Crippen MR) is 59.0 cm³/mol. The lowest BCUT2D eigenvalue weighted by molar-refractivity contribution is 0.0910. The third kappa shape index (κ3) is 2.25. The molecular formula is C11H19N3O2. The van der Waals surface area contributed by atoms with Crippen molar-refractivity contribution in [1.82, 2.24) is 14.8 Å². The molecule has 5 heteroatoms. The van der Waals surface area contributed by atoms with Crippen molar-refractivity contribution in [1.29, 1.82) is 0 Å². The summed E-state index contributed by atoms with van der Waals surface area (Å²) in [5.41, 5.74) is -0.140. The second-order valence-electron chi connectivity index (χ2n) is 4.54. The summed E-state index contributed by atoms with van der Waals surface area (Å²) in [5, 5.41) is 13.7. The van der Waals surface area contributed by atoms with Crippen molar-refractivity contribution >= 4 is 0 Å². The third-order valence-electron chi connectivity index (χ3n) is 3.18. The van der Waals surface area contributed by atoms with Gasteiger partial charge in [-0.1, -0.05) is 6.92 Å². The topological polar surface area (TPSA) is 60.2 Å². The third-order valence-corrected chi connectivity index (χ3v) is 3.18. The van der Waals surface area contributed by atoms with Gasteiger partial charge in [-0.3, -0.25) is 4.68 Å². The van der Waals surface area contributed by atoms with Crippen molar-refractivity contribution in [3.8, 4) is 0 Å². The molecule has 1 aliphatic rings. The first-order valence-electron chi connectivity index (χ1n) is 5.85. The minimum Gasteiger partial charge on any atom is -0.396 e. The number of aliphatic hydroxyl groups excluding tert-OH is 1. The molecule has 0 saturated carbocycles. The number of aromatic nitrogens is 3. The average Bonchev–Trinajstić information content (AvgIpc) is 2.91. The van der Waals surface area contributed by atoms with E-state index >= 15 is 0 Å². The molecule has 0 radical (unpaired) electrons. The van der Waals surface area contributed by atoms with E-state index in [0.717, 1.165) is 38.2 Å². The molecule has 1 saturated heterocycles. The van der Waals surface area contributed by atoms with Crippen molar-refractivity contribution < 1.29 is 9.84 Å². The number of hydrogen-bond acceptors (Lipinski definition) is 4. The van der Waals surface area contributed by atoms with E-state index in [1.165, 1.54) is 0 Å². The Hall–Kier alpha value is -0.940. The van der Waals surface area contributed by atoms with Crippen LogP contribution in [0.3, 0.4) is 0 Å². The minimum absolute atomic E-state index is 0.140. The highest BCUT2D eigenvalue weighted by molar-refractivity contribution is 4.96. The lowest BCUT2D eigenvalue weighted by Gasteiger charge is -2.23. The first-order chi connectivity index (χ1) is 7.79. The van der Waals surface area contributed by atoms with Gasteiger partial charge < -0.3 is 9.84 Å². The van der Waals surface area contributed by atoms with Crippen LogP contribution in [0.5, 0.6) is 0 Å². The van der Waals surface area contributed by atoms with Gasteiger partial charge in [0.25, 0.3) is 0 Å². The predicted octanol–water partition coefficient (Wildman–Crippen LogP) is 0.630. The quantitative estimate of drug-likeness (QED) is 0.798. The Kier molecular flexibility index (Phi) is 3.56.